The molecule has 0 amide bonds. The quantitative estimate of drug-likeness (QED) is 0.0222. The Morgan fingerprint density at radius 1 is 0.284 bits per heavy atom. The molecule has 0 saturated heterocycles. The Morgan fingerprint density at radius 2 is 0.500 bits per heavy atom. The molecule has 0 aliphatic rings. The van der Waals surface area contributed by atoms with Gasteiger partial charge in [0, 0.05) is 25.7 Å². The van der Waals surface area contributed by atoms with Gasteiger partial charge in [0.05, 0.1) is 26.4 Å². The fourth-order valence-electron chi connectivity index (χ4n) is 12.9. The Labute approximate surface area is 626 Å². The van der Waals surface area contributed by atoms with Gasteiger partial charge < -0.3 is 33.8 Å². The van der Waals surface area contributed by atoms with Gasteiger partial charge in [-0.2, -0.15) is 0 Å². The van der Waals surface area contributed by atoms with E-state index in [2.05, 4.69) is 41.5 Å². The number of aliphatic hydroxyl groups is 1. The second kappa shape index (κ2) is 74.5. The standard InChI is InChI=1S/C83H162O17P2/c1-7-10-12-14-16-18-20-21-22-23-24-25-26-27-28-29-30-36-43-49-55-61-67-82(87)99-78(72-94-81(86)66-60-54-48-42-35-32-31-34-39-45-51-57-63-75(4)5)73-97-101(89,90)95-69-77(84)70-96-102(91,92)98-74-79(71-93-80(85)65-59-53-47-41-33-19-17-15-13-11-8-2)100-83(88)68-62-56-50-44-38-37-40-46-52-58-64-76(6)9-3/h75-79,84H,7-74H2,1-6H3,(H,89,90)(H,91,92)/t76?,77-,78-,79-/m1/s1. The molecule has 17 nitrogen and oxygen atoms in total. The van der Waals surface area contributed by atoms with Crippen LogP contribution in [-0.4, -0.2) is 96.7 Å². The van der Waals surface area contributed by atoms with Crippen molar-refractivity contribution in [2.75, 3.05) is 39.6 Å². The first-order chi connectivity index (χ1) is 49.4. The van der Waals surface area contributed by atoms with Crippen LogP contribution in [-0.2, 0) is 65.4 Å². The first-order valence-corrected chi connectivity index (χ1v) is 46.0. The summed E-state index contributed by atoms with van der Waals surface area (Å²) in [6.45, 7) is 9.68. The van der Waals surface area contributed by atoms with Gasteiger partial charge in [-0.15, -0.1) is 0 Å². The molecule has 3 unspecified atom stereocenters. The average molecular weight is 1490 g/mol. The number of carbonyl (C=O) groups is 4. The number of unbranched alkanes of at least 4 members (excludes halogenated alkanes) is 51. The van der Waals surface area contributed by atoms with Gasteiger partial charge in [-0.25, -0.2) is 9.13 Å². The maximum atomic E-state index is 13.1. The molecule has 0 saturated carbocycles. The molecule has 19 heteroatoms. The van der Waals surface area contributed by atoms with Gasteiger partial charge in [-0.05, 0) is 37.5 Å². The van der Waals surface area contributed by atoms with Crippen LogP contribution in [0.5, 0.6) is 0 Å². The SMILES string of the molecule is CCCCCCCCCCCCCCCCCCCCCCCCC(=O)O[C@H](COC(=O)CCCCCCCCCCCCCCC(C)C)COP(=O)(O)OC[C@@H](O)COP(=O)(O)OC[C@@H](COC(=O)CCCCCCCCCCCCC)OC(=O)CCCCCCCCCCCCC(C)CC. The van der Waals surface area contributed by atoms with Crippen molar-refractivity contribution in [2.45, 2.75) is 458 Å². The molecule has 0 aromatic rings. The van der Waals surface area contributed by atoms with Crippen LogP contribution >= 0.6 is 15.6 Å². The predicted octanol–water partition coefficient (Wildman–Crippen LogP) is 25.1. The van der Waals surface area contributed by atoms with Crippen molar-refractivity contribution in [1.82, 2.24) is 0 Å². The van der Waals surface area contributed by atoms with Crippen LogP contribution < -0.4 is 0 Å². The van der Waals surface area contributed by atoms with E-state index in [1.165, 1.54) is 257 Å². The topological polar surface area (TPSA) is 237 Å². The van der Waals surface area contributed by atoms with Crippen LogP contribution in [0.2, 0.25) is 0 Å². The molecule has 3 N–H and O–H groups in total. The summed E-state index contributed by atoms with van der Waals surface area (Å²) in [5, 5.41) is 10.7. The van der Waals surface area contributed by atoms with Crippen LogP contribution in [0, 0.1) is 11.8 Å². The number of ether oxygens (including phenoxy) is 4. The molecule has 0 fully saturated rings. The van der Waals surface area contributed by atoms with Gasteiger partial charge in [0.1, 0.15) is 19.3 Å². The van der Waals surface area contributed by atoms with Crippen LogP contribution in [0.1, 0.15) is 440 Å². The summed E-state index contributed by atoms with van der Waals surface area (Å²) < 4.78 is 68.8. The lowest BCUT2D eigenvalue weighted by Crippen LogP contribution is -2.30. The van der Waals surface area contributed by atoms with E-state index in [1.807, 2.05) is 0 Å². The van der Waals surface area contributed by atoms with Crippen LogP contribution in [0.15, 0.2) is 0 Å². The number of hydrogen-bond donors (Lipinski definition) is 3. The lowest BCUT2D eigenvalue weighted by Gasteiger charge is -2.21. The molecular weight excluding hydrogens is 1330 g/mol. The van der Waals surface area contributed by atoms with E-state index in [0.717, 1.165) is 102 Å². The number of rotatable bonds is 82. The molecule has 0 aromatic heterocycles. The number of phosphoric acid groups is 2. The zero-order valence-electron chi connectivity index (χ0n) is 66.9. The highest BCUT2D eigenvalue weighted by molar-refractivity contribution is 7.47. The van der Waals surface area contributed by atoms with Gasteiger partial charge in [-0.1, -0.05) is 388 Å². The summed E-state index contributed by atoms with van der Waals surface area (Å²) in [6, 6.07) is 0. The van der Waals surface area contributed by atoms with E-state index in [0.29, 0.717) is 25.7 Å². The molecule has 0 aliphatic carbocycles. The number of hydrogen-bond acceptors (Lipinski definition) is 15. The minimum absolute atomic E-state index is 0.107. The molecule has 0 spiro atoms. The fraction of sp³-hybridized carbons (Fsp3) is 0.952. The monoisotopic (exact) mass is 1490 g/mol. The molecular formula is C83H162O17P2. The molecule has 606 valence electrons. The molecule has 102 heavy (non-hydrogen) atoms. The third-order valence-corrected chi connectivity index (χ3v) is 21.7. The van der Waals surface area contributed by atoms with E-state index in [1.54, 1.807) is 0 Å². The molecule has 0 heterocycles. The lowest BCUT2D eigenvalue weighted by atomic mass is 9.99. The Kier molecular flexibility index (Phi) is 73.1. The van der Waals surface area contributed by atoms with Crippen molar-refractivity contribution in [3.05, 3.63) is 0 Å². The zero-order chi connectivity index (χ0) is 74.9. The second-order valence-electron chi connectivity index (χ2n) is 30.6. The first kappa shape index (κ1) is 100. The van der Waals surface area contributed by atoms with Crippen molar-refractivity contribution >= 4 is 39.5 Å². The number of esters is 4. The molecule has 6 atom stereocenters. The van der Waals surface area contributed by atoms with Crippen molar-refractivity contribution in [3.63, 3.8) is 0 Å². The Hall–Kier alpha value is -1.94. The third kappa shape index (κ3) is 74.9. The molecule has 0 rings (SSSR count). The Balaban J connectivity index is 5.22. The smallest absolute Gasteiger partial charge is 0.462 e. The van der Waals surface area contributed by atoms with Gasteiger partial charge in [-0.3, -0.25) is 37.3 Å². The Morgan fingerprint density at radius 3 is 0.745 bits per heavy atom. The van der Waals surface area contributed by atoms with Gasteiger partial charge in [0.15, 0.2) is 12.2 Å². The molecule has 0 radical (unpaired) electrons. The van der Waals surface area contributed by atoms with Crippen LogP contribution in [0.4, 0.5) is 0 Å². The molecule has 0 aliphatic heterocycles. The van der Waals surface area contributed by atoms with E-state index in [4.69, 9.17) is 37.0 Å². The van der Waals surface area contributed by atoms with Crippen molar-refractivity contribution in [1.29, 1.82) is 0 Å². The maximum Gasteiger partial charge on any atom is 0.472 e. The van der Waals surface area contributed by atoms with Crippen molar-refractivity contribution in [3.8, 4) is 0 Å². The van der Waals surface area contributed by atoms with Crippen LogP contribution in [0.3, 0.4) is 0 Å². The fourth-order valence-corrected chi connectivity index (χ4v) is 14.4. The molecule has 0 aromatic carbocycles. The number of phosphoric ester groups is 2. The van der Waals surface area contributed by atoms with E-state index < -0.39 is 97.5 Å². The van der Waals surface area contributed by atoms with Gasteiger partial charge >= 0.3 is 39.5 Å². The van der Waals surface area contributed by atoms with Crippen molar-refractivity contribution in [2.24, 2.45) is 11.8 Å². The Bertz CT molecular complexity index is 1960. The second-order valence-corrected chi connectivity index (χ2v) is 33.5. The maximum absolute atomic E-state index is 13.1. The zero-order valence-corrected chi connectivity index (χ0v) is 68.7. The van der Waals surface area contributed by atoms with E-state index in [9.17, 15) is 43.2 Å². The van der Waals surface area contributed by atoms with Gasteiger partial charge in [0.2, 0.25) is 0 Å². The summed E-state index contributed by atoms with van der Waals surface area (Å²) in [5.74, 6) is -0.522. The highest BCUT2D eigenvalue weighted by Crippen LogP contribution is 2.45. The average Bonchev–Trinajstić information content (AvgIpc) is 0.915. The summed E-state index contributed by atoms with van der Waals surface area (Å²) in [6.07, 6.45) is 65.2. The minimum atomic E-state index is -4.96. The highest BCUT2D eigenvalue weighted by atomic mass is 31.2. The summed E-state index contributed by atoms with van der Waals surface area (Å²) in [5.41, 5.74) is 0. The minimum Gasteiger partial charge on any atom is -0.462 e. The number of carbonyl (C=O) groups excluding carboxylic acids is 4. The third-order valence-electron chi connectivity index (χ3n) is 19.8. The summed E-state index contributed by atoms with van der Waals surface area (Å²) >= 11 is 0. The van der Waals surface area contributed by atoms with E-state index >= 15 is 0 Å². The normalized spacial score (nSPS) is 14.1. The summed E-state index contributed by atoms with van der Waals surface area (Å²) in [4.78, 5) is 73.1. The number of aliphatic hydroxyl groups excluding tert-OH is 1. The van der Waals surface area contributed by atoms with Gasteiger partial charge in [0.25, 0.3) is 0 Å². The first-order valence-electron chi connectivity index (χ1n) is 43.0. The summed E-state index contributed by atoms with van der Waals surface area (Å²) in [7, 11) is -9.92. The lowest BCUT2D eigenvalue weighted by molar-refractivity contribution is -0.161. The van der Waals surface area contributed by atoms with Crippen LogP contribution in [0.25, 0.3) is 0 Å². The molecule has 0 bridgehead atoms. The largest absolute Gasteiger partial charge is 0.472 e. The van der Waals surface area contributed by atoms with E-state index in [-0.39, 0.29) is 25.7 Å². The predicted molar refractivity (Wildman–Crippen MR) is 418 cm³/mol. The highest BCUT2D eigenvalue weighted by Gasteiger charge is 2.30. The van der Waals surface area contributed by atoms with Crippen molar-refractivity contribution < 1.29 is 80.2 Å².